The molecule has 0 spiro atoms. The molecular formula is C20H19Cl4N3O4. The highest BCUT2D eigenvalue weighted by Crippen LogP contribution is 2.36. The van der Waals surface area contributed by atoms with E-state index >= 15 is 0 Å². The fraction of sp³-hybridized carbons (Fsp3) is 0.300. The van der Waals surface area contributed by atoms with Crippen LogP contribution < -0.4 is 15.8 Å². The third-order valence-corrected chi connectivity index (χ3v) is 5.84. The smallest absolute Gasteiger partial charge is 0.439 e. The van der Waals surface area contributed by atoms with Gasteiger partial charge in [0.2, 0.25) is 0 Å². The summed E-state index contributed by atoms with van der Waals surface area (Å²) in [7, 11) is 0. The summed E-state index contributed by atoms with van der Waals surface area (Å²) in [4.78, 5) is 13.9. The van der Waals surface area contributed by atoms with Gasteiger partial charge in [0.25, 0.3) is 0 Å². The molecule has 1 aliphatic rings. The Morgan fingerprint density at radius 1 is 1.13 bits per heavy atom. The van der Waals surface area contributed by atoms with Crippen molar-refractivity contribution in [3.05, 3.63) is 67.6 Å². The van der Waals surface area contributed by atoms with E-state index in [1.807, 2.05) is 12.1 Å². The molecule has 2 aromatic carbocycles. The molecule has 1 aliphatic heterocycles. The molecule has 0 radical (unpaired) electrons. The summed E-state index contributed by atoms with van der Waals surface area (Å²) in [5.41, 5.74) is 1.38. The van der Waals surface area contributed by atoms with Gasteiger partial charge in [-0.2, -0.15) is 0 Å². The third kappa shape index (κ3) is 5.55. The molecule has 166 valence electrons. The van der Waals surface area contributed by atoms with Crippen LogP contribution in [-0.4, -0.2) is 36.4 Å². The van der Waals surface area contributed by atoms with Crippen LogP contribution in [0.2, 0.25) is 15.1 Å². The first-order chi connectivity index (χ1) is 14.5. The summed E-state index contributed by atoms with van der Waals surface area (Å²) in [6, 6.07) is 10.7. The number of halogens is 4. The number of hydrogen-bond donors (Lipinski definition) is 2. The van der Waals surface area contributed by atoms with Crippen LogP contribution >= 0.6 is 47.2 Å². The molecule has 3 aromatic rings. The summed E-state index contributed by atoms with van der Waals surface area (Å²) in [5.74, 6) is -0.00842. The predicted molar refractivity (Wildman–Crippen MR) is 122 cm³/mol. The van der Waals surface area contributed by atoms with E-state index in [0.717, 1.165) is 12.1 Å². The summed E-state index contributed by atoms with van der Waals surface area (Å²) >= 11 is 18.6. The number of hydrogen-bond acceptors (Lipinski definition) is 6. The van der Waals surface area contributed by atoms with Gasteiger partial charge in [0.05, 0.1) is 39.9 Å². The van der Waals surface area contributed by atoms with E-state index < -0.39 is 5.76 Å². The molecule has 0 bridgehead atoms. The zero-order valence-electron chi connectivity index (χ0n) is 16.1. The van der Waals surface area contributed by atoms with Crippen LogP contribution in [0.1, 0.15) is 11.7 Å². The minimum atomic E-state index is -0.670. The van der Waals surface area contributed by atoms with E-state index in [-0.39, 0.29) is 30.3 Å². The summed E-state index contributed by atoms with van der Waals surface area (Å²) in [6.07, 6.45) is -0.232. The highest BCUT2D eigenvalue weighted by atomic mass is 35.5. The fourth-order valence-electron chi connectivity index (χ4n) is 3.38. The minimum Gasteiger partial charge on any atom is -0.492 e. The van der Waals surface area contributed by atoms with Gasteiger partial charge in [0, 0.05) is 19.0 Å². The molecule has 4 rings (SSSR count). The van der Waals surface area contributed by atoms with Crippen molar-refractivity contribution >= 4 is 47.2 Å². The Morgan fingerprint density at radius 2 is 1.97 bits per heavy atom. The Hall–Kier alpha value is -1.74. The van der Waals surface area contributed by atoms with Crippen molar-refractivity contribution < 1.29 is 14.0 Å². The number of benzene rings is 2. The normalized spacial score (nSPS) is 18.8. The summed E-state index contributed by atoms with van der Waals surface area (Å²) in [5, 5.41) is 8.43. The number of nitrogens with one attached hydrogen (secondary N) is 2. The first-order valence-corrected chi connectivity index (χ1v) is 10.4. The van der Waals surface area contributed by atoms with Crippen molar-refractivity contribution in [1.82, 2.24) is 15.5 Å². The largest absolute Gasteiger partial charge is 0.492 e. The Balaban J connectivity index is 0.00000272. The first-order valence-electron chi connectivity index (χ1n) is 9.28. The number of aromatic nitrogens is 2. The van der Waals surface area contributed by atoms with Crippen molar-refractivity contribution in [1.29, 1.82) is 0 Å². The number of aromatic amines is 1. The van der Waals surface area contributed by atoms with E-state index in [1.54, 1.807) is 24.3 Å². The molecule has 7 nitrogen and oxygen atoms in total. The van der Waals surface area contributed by atoms with Gasteiger partial charge in [0.1, 0.15) is 5.75 Å². The van der Waals surface area contributed by atoms with Crippen molar-refractivity contribution in [2.45, 2.75) is 6.10 Å². The predicted octanol–water partition coefficient (Wildman–Crippen LogP) is 4.77. The van der Waals surface area contributed by atoms with E-state index in [4.69, 9.17) is 44.3 Å². The lowest BCUT2D eigenvalue weighted by Gasteiger charge is -2.26. The lowest BCUT2D eigenvalue weighted by molar-refractivity contribution is 0.0154. The van der Waals surface area contributed by atoms with E-state index in [0.29, 0.717) is 46.1 Å². The molecule has 1 saturated heterocycles. The zero-order chi connectivity index (χ0) is 21.1. The number of H-pyrrole nitrogens is 1. The van der Waals surface area contributed by atoms with Gasteiger partial charge in [-0.1, -0.05) is 52.1 Å². The Bertz CT molecular complexity index is 1090. The molecule has 2 N–H and O–H groups in total. The maximum atomic E-state index is 11.4. The van der Waals surface area contributed by atoms with Gasteiger partial charge in [-0.05, 0) is 29.8 Å². The number of rotatable bonds is 5. The number of ether oxygens (including phenoxy) is 2. The summed E-state index contributed by atoms with van der Waals surface area (Å²) < 4.78 is 16.8. The average Bonchev–Trinajstić information content (AvgIpc) is 3.01. The van der Waals surface area contributed by atoms with Gasteiger partial charge in [-0.15, -0.1) is 12.4 Å². The Kier molecular flexibility index (Phi) is 8.27. The minimum absolute atomic E-state index is 0. The molecule has 11 heteroatoms. The van der Waals surface area contributed by atoms with Crippen LogP contribution in [0.25, 0.3) is 11.4 Å². The van der Waals surface area contributed by atoms with Crippen LogP contribution in [0.3, 0.4) is 0 Å². The van der Waals surface area contributed by atoms with Crippen LogP contribution in [0.5, 0.6) is 5.75 Å². The van der Waals surface area contributed by atoms with E-state index in [9.17, 15) is 4.79 Å². The maximum Gasteiger partial charge on any atom is 0.439 e. The number of nitrogens with zero attached hydrogens (tertiary/aromatic N) is 1. The zero-order valence-corrected chi connectivity index (χ0v) is 19.2. The highest BCUT2D eigenvalue weighted by Gasteiger charge is 2.28. The van der Waals surface area contributed by atoms with Gasteiger partial charge in [-0.25, -0.2) is 4.79 Å². The molecule has 31 heavy (non-hydrogen) atoms. The second-order valence-corrected chi connectivity index (χ2v) is 8.02. The Morgan fingerprint density at radius 3 is 2.71 bits per heavy atom. The van der Waals surface area contributed by atoms with E-state index in [2.05, 4.69) is 20.0 Å². The molecule has 2 atom stereocenters. The van der Waals surface area contributed by atoms with Crippen LogP contribution in [0.4, 0.5) is 0 Å². The lowest BCUT2D eigenvalue weighted by atomic mass is 9.96. The second-order valence-electron chi connectivity index (χ2n) is 6.80. The quantitative estimate of drug-likeness (QED) is 0.518. The molecule has 1 fully saturated rings. The molecule has 1 aromatic heterocycles. The van der Waals surface area contributed by atoms with Crippen LogP contribution in [0, 0.1) is 5.92 Å². The fourth-order valence-corrected chi connectivity index (χ4v) is 3.94. The average molecular weight is 507 g/mol. The molecule has 2 heterocycles. The van der Waals surface area contributed by atoms with Crippen molar-refractivity contribution in [3.8, 4) is 17.1 Å². The van der Waals surface area contributed by atoms with Gasteiger partial charge < -0.3 is 14.8 Å². The standard InChI is InChI=1S/C20H18Cl3N3O4.ClH/c21-13-5-4-11(8-15(13)23)18-12(9-24-6-7-28-18)10-29-16-3-1-2-14(22)17(16)19-25-20(27)30-26-19;/h1-5,8,12,18,24H,6-7,9-10H2,(H,25,26,27);1H/t12-,18-;/m0./s1. The van der Waals surface area contributed by atoms with E-state index in [1.165, 1.54) is 0 Å². The lowest BCUT2D eigenvalue weighted by Crippen LogP contribution is -2.29. The second kappa shape index (κ2) is 10.7. The first kappa shape index (κ1) is 23.9. The van der Waals surface area contributed by atoms with Gasteiger partial charge in [-0.3, -0.25) is 9.51 Å². The molecular weight excluding hydrogens is 488 g/mol. The summed E-state index contributed by atoms with van der Waals surface area (Å²) in [6.45, 7) is 2.30. The Labute approximate surface area is 199 Å². The SMILES string of the molecule is Cl.O=c1[nH]c(-c2c(Cl)cccc2OC[C@@H]2CNCCO[C@H]2c2ccc(Cl)c(Cl)c2)no1. The molecule has 0 aliphatic carbocycles. The maximum absolute atomic E-state index is 11.4. The van der Waals surface area contributed by atoms with Crippen LogP contribution in [-0.2, 0) is 4.74 Å². The molecule has 0 saturated carbocycles. The highest BCUT2D eigenvalue weighted by molar-refractivity contribution is 6.42. The van der Waals surface area contributed by atoms with Gasteiger partial charge >= 0.3 is 5.76 Å². The topological polar surface area (TPSA) is 89.4 Å². The third-order valence-electron chi connectivity index (χ3n) is 4.79. The van der Waals surface area contributed by atoms with Crippen molar-refractivity contribution in [2.75, 3.05) is 26.3 Å². The molecule has 0 unspecified atom stereocenters. The monoisotopic (exact) mass is 505 g/mol. The van der Waals surface area contributed by atoms with Crippen molar-refractivity contribution in [2.24, 2.45) is 5.92 Å². The van der Waals surface area contributed by atoms with Crippen LogP contribution in [0.15, 0.2) is 45.7 Å². The van der Waals surface area contributed by atoms with Crippen molar-refractivity contribution in [3.63, 3.8) is 0 Å². The van der Waals surface area contributed by atoms with Gasteiger partial charge in [0.15, 0.2) is 5.82 Å². The molecule has 0 amide bonds.